The van der Waals surface area contributed by atoms with Crippen molar-refractivity contribution in [3.05, 3.63) is 23.8 Å². The number of unbranched alkanes of at least 4 members (excludes halogenated alkanes) is 1. The summed E-state index contributed by atoms with van der Waals surface area (Å²) in [5.41, 5.74) is 1.05. The molecule has 0 spiro atoms. The predicted octanol–water partition coefficient (Wildman–Crippen LogP) is 5.98. The second-order valence-electron chi connectivity index (χ2n) is 8.90. The Labute approximate surface area is 163 Å². The van der Waals surface area contributed by atoms with Crippen molar-refractivity contribution in [2.24, 2.45) is 0 Å². The summed E-state index contributed by atoms with van der Waals surface area (Å²) in [6.07, 6.45) is 4.36. The lowest BCUT2D eigenvalue weighted by molar-refractivity contribution is 0.386. The average molecular weight is 415 g/mol. The zero-order valence-corrected chi connectivity index (χ0v) is 20.7. The molecule has 0 aliphatic rings. The molecule has 0 saturated heterocycles. The quantitative estimate of drug-likeness (QED) is 0.345. The van der Waals surface area contributed by atoms with E-state index >= 15 is 0 Å². The molecule has 26 heavy (non-hydrogen) atoms. The standard InChI is InChI=1S/C19H38O4Si3/c1-8-9-14-24(2,3)22-26(6,7)23-25(4,5)15-10-11-17-12-13-18(20)19(21)16-17/h12-13,16,20-21H,8-11,14-15H2,1-7H3. The van der Waals surface area contributed by atoms with Crippen LogP contribution in [0.1, 0.15) is 31.7 Å². The largest absolute Gasteiger partial charge is 0.504 e. The Bertz CT molecular complexity index is 574. The summed E-state index contributed by atoms with van der Waals surface area (Å²) in [5, 5.41) is 19.0. The molecule has 0 radical (unpaired) electrons. The van der Waals surface area contributed by atoms with Crippen LogP contribution in [0.4, 0.5) is 0 Å². The van der Waals surface area contributed by atoms with E-state index in [2.05, 4.69) is 46.2 Å². The van der Waals surface area contributed by atoms with E-state index in [9.17, 15) is 10.2 Å². The van der Waals surface area contributed by atoms with Gasteiger partial charge in [0.1, 0.15) is 0 Å². The molecule has 1 aromatic carbocycles. The predicted molar refractivity (Wildman–Crippen MR) is 117 cm³/mol. The first-order chi connectivity index (χ1) is 11.9. The summed E-state index contributed by atoms with van der Waals surface area (Å²) < 4.78 is 13.2. The molecule has 150 valence electrons. The van der Waals surface area contributed by atoms with Crippen molar-refractivity contribution in [1.82, 2.24) is 0 Å². The van der Waals surface area contributed by atoms with E-state index in [0.29, 0.717) is 0 Å². The second-order valence-corrected chi connectivity index (χ2v) is 21.4. The fourth-order valence-corrected chi connectivity index (χ4v) is 17.7. The molecule has 7 heteroatoms. The third-order valence-corrected chi connectivity index (χ3v) is 15.9. The van der Waals surface area contributed by atoms with Gasteiger partial charge in [-0.1, -0.05) is 25.8 Å². The lowest BCUT2D eigenvalue weighted by atomic mass is 10.1. The molecule has 0 bridgehead atoms. The Morgan fingerprint density at radius 1 is 0.808 bits per heavy atom. The fourth-order valence-electron chi connectivity index (χ4n) is 3.50. The summed E-state index contributed by atoms with van der Waals surface area (Å²) in [6.45, 7) is 15.8. The minimum absolute atomic E-state index is 0.0449. The van der Waals surface area contributed by atoms with Crippen molar-refractivity contribution in [2.75, 3.05) is 0 Å². The maximum atomic E-state index is 9.61. The number of benzene rings is 1. The average Bonchev–Trinajstić information content (AvgIpc) is 2.46. The van der Waals surface area contributed by atoms with Gasteiger partial charge in [-0.2, -0.15) is 0 Å². The Morgan fingerprint density at radius 2 is 1.35 bits per heavy atom. The highest BCUT2D eigenvalue weighted by molar-refractivity contribution is 6.87. The SMILES string of the molecule is CCCC[Si](C)(C)O[Si](C)(C)O[Si](C)(C)CCCc1ccc(O)c(O)c1. The molecule has 0 heterocycles. The minimum atomic E-state index is -2.12. The van der Waals surface area contributed by atoms with Crippen molar-refractivity contribution in [3.8, 4) is 11.5 Å². The molecule has 0 aliphatic heterocycles. The molecule has 1 rings (SSSR count). The molecule has 0 aliphatic carbocycles. The summed E-state index contributed by atoms with van der Waals surface area (Å²) in [5.74, 6) is -0.108. The summed E-state index contributed by atoms with van der Waals surface area (Å²) >= 11 is 0. The molecule has 0 aromatic heterocycles. The Kier molecular flexibility index (Phi) is 8.60. The van der Waals surface area contributed by atoms with E-state index in [1.807, 2.05) is 6.07 Å². The molecule has 0 saturated carbocycles. The Hall–Kier alpha value is -0.609. The van der Waals surface area contributed by atoms with E-state index in [1.54, 1.807) is 12.1 Å². The number of phenolic OH excluding ortho intramolecular Hbond substituents is 2. The number of hydrogen-bond donors (Lipinski definition) is 2. The Morgan fingerprint density at radius 3 is 1.85 bits per heavy atom. The summed E-state index contributed by atoms with van der Waals surface area (Å²) in [7, 11) is -5.57. The van der Waals surface area contributed by atoms with Gasteiger partial charge in [-0.15, -0.1) is 0 Å². The van der Waals surface area contributed by atoms with Crippen molar-refractivity contribution >= 4 is 25.2 Å². The lowest BCUT2D eigenvalue weighted by Crippen LogP contribution is -2.52. The molecule has 2 N–H and O–H groups in total. The van der Waals surface area contributed by atoms with Crippen LogP contribution in [0, 0.1) is 0 Å². The van der Waals surface area contributed by atoms with Crippen LogP contribution in [0.3, 0.4) is 0 Å². The second kappa shape index (κ2) is 9.55. The van der Waals surface area contributed by atoms with Crippen molar-refractivity contribution in [1.29, 1.82) is 0 Å². The van der Waals surface area contributed by atoms with E-state index in [-0.39, 0.29) is 11.5 Å². The van der Waals surface area contributed by atoms with Crippen LogP contribution < -0.4 is 0 Å². The van der Waals surface area contributed by atoms with Crippen molar-refractivity contribution in [2.45, 2.75) is 84.0 Å². The van der Waals surface area contributed by atoms with Gasteiger partial charge in [0.25, 0.3) is 0 Å². The van der Waals surface area contributed by atoms with Gasteiger partial charge >= 0.3 is 8.56 Å². The zero-order valence-electron chi connectivity index (χ0n) is 17.7. The zero-order chi connectivity index (χ0) is 20.0. The molecule has 4 nitrogen and oxygen atoms in total. The van der Waals surface area contributed by atoms with Crippen LogP contribution >= 0.6 is 0 Å². The number of hydrogen-bond acceptors (Lipinski definition) is 4. The smallest absolute Gasteiger partial charge is 0.311 e. The maximum Gasteiger partial charge on any atom is 0.311 e. The van der Waals surface area contributed by atoms with E-state index in [1.165, 1.54) is 18.9 Å². The highest BCUT2D eigenvalue weighted by atomic mass is 28.5. The first-order valence-electron chi connectivity index (χ1n) is 9.77. The first kappa shape index (κ1) is 23.4. The first-order valence-corrected chi connectivity index (χ1v) is 18.8. The number of aryl methyl sites for hydroxylation is 1. The molecule has 0 atom stereocenters. The molecule has 0 fully saturated rings. The van der Waals surface area contributed by atoms with Crippen LogP contribution in [-0.4, -0.2) is 35.4 Å². The van der Waals surface area contributed by atoms with Gasteiger partial charge < -0.3 is 18.4 Å². The maximum absolute atomic E-state index is 9.61. The summed E-state index contributed by atoms with van der Waals surface area (Å²) in [6, 6.07) is 7.33. The monoisotopic (exact) mass is 414 g/mol. The third kappa shape index (κ3) is 8.86. The van der Waals surface area contributed by atoms with E-state index < -0.39 is 25.2 Å². The van der Waals surface area contributed by atoms with Crippen LogP contribution in [0.5, 0.6) is 11.5 Å². The van der Waals surface area contributed by atoms with Crippen LogP contribution in [0.2, 0.25) is 51.4 Å². The van der Waals surface area contributed by atoms with Gasteiger partial charge in [0.2, 0.25) is 0 Å². The van der Waals surface area contributed by atoms with Crippen molar-refractivity contribution < 1.29 is 18.4 Å². The van der Waals surface area contributed by atoms with Crippen LogP contribution in [0.15, 0.2) is 18.2 Å². The highest BCUT2D eigenvalue weighted by Gasteiger charge is 2.39. The number of aromatic hydroxyl groups is 2. The van der Waals surface area contributed by atoms with Gasteiger partial charge in [0.15, 0.2) is 28.1 Å². The minimum Gasteiger partial charge on any atom is -0.504 e. The topological polar surface area (TPSA) is 58.9 Å². The fraction of sp³-hybridized carbons (Fsp3) is 0.684. The molecular formula is C19H38O4Si3. The normalized spacial score (nSPS) is 13.2. The van der Waals surface area contributed by atoms with Gasteiger partial charge in [0.05, 0.1) is 0 Å². The number of rotatable bonds is 11. The molecule has 0 amide bonds. The lowest BCUT2D eigenvalue weighted by Gasteiger charge is -2.38. The third-order valence-electron chi connectivity index (χ3n) is 4.46. The van der Waals surface area contributed by atoms with E-state index in [0.717, 1.165) is 24.4 Å². The molecule has 1 aromatic rings. The Balaban J connectivity index is 2.54. The summed E-state index contributed by atoms with van der Waals surface area (Å²) in [4.78, 5) is 0. The number of phenols is 2. The van der Waals surface area contributed by atoms with Crippen LogP contribution in [0.25, 0.3) is 0 Å². The van der Waals surface area contributed by atoms with Gasteiger partial charge in [-0.3, -0.25) is 0 Å². The van der Waals surface area contributed by atoms with Gasteiger partial charge in [-0.05, 0) is 81.9 Å². The van der Waals surface area contributed by atoms with Gasteiger partial charge in [0, 0.05) is 0 Å². The molecular weight excluding hydrogens is 376 g/mol. The molecule has 0 unspecified atom stereocenters. The highest BCUT2D eigenvalue weighted by Crippen LogP contribution is 2.28. The van der Waals surface area contributed by atoms with E-state index in [4.69, 9.17) is 8.23 Å². The van der Waals surface area contributed by atoms with Crippen molar-refractivity contribution in [3.63, 3.8) is 0 Å². The van der Waals surface area contributed by atoms with Gasteiger partial charge in [-0.25, -0.2) is 0 Å². The van der Waals surface area contributed by atoms with Crippen LogP contribution in [-0.2, 0) is 14.7 Å².